The van der Waals surface area contributed by atoms with Crippen molar-refractivity contribution in [1.29, 1.82) is 5.26 Å². The molecule has 1 aromatic carbocycles. The first-order chi connectivity index (χ1) is 13.6. The zero-order chi connectivity index (χ0) is 19.3. The molecule has 1 saturated carbocycles. The average Bonchev–Trinajstić information content (AvgIpc) is 3.26. The number of anilines is 1. The summed E-state index contributed by atoms with van der Waals surface area (Å²) in [5, 5.41) is 12.5. The Morgan fingerprint density at radius 3 is 3.00 bits per heavy atom. The number of halogens is 1. The Bertz CT molecular complexity index is 1210. The fourth-order valence-electron chi connectivity index (χ4n) is 3.82. The molecule has 4 aromatic rings. The molecule has 0 saturated heterocycles. The molecule has 1 aliphatic rings. The highest BCUT2D eigenvalue weighted by atomic mass is 19.1. The molecule has 1 fully saturated rings. The van der Waals surface area contributed by atoms with Crippen LogP contribution in [0.1, 0.15) is 37.7 Å². The van der Waals surface area contributed by atoms with Gasteiger partial charge in [-0.25, -0.2) is 24.3 Å². The SMILES string of the molecule is C[C@H](Nc1ncnc2[nH]cnc12)c1nc2ccc(F)cc2n1[C@H]1C[C@H](C#N)C1. The van der Waals surface area contributed by atoms with Gasteiger partial charge < -0.3 is 14.9 Å². The van der Waals surface area contributed by atoms with Crippen molar-refractivity contribution in [2.75, 3.05) is 5.32 Å². The molecular formula is C19H17FN8. The van der Waals surface area contributed by atoms with Gasteiger partial charge in [-0.3, -0.25) is 0 Å². The summed E-state index contributed by atoms with van der Waals surface area (Å²) in [5.41, 5.74) is 2.78. The average molecular weight is 376 g/mol. The van der Waals surface area contributed by atoms with Crippen LogP contribution in [0.3, 0.4) is 0 Å². The van der Waals surface area contributed by atoms with Gasteiger partial charge in [0.1, 0.15) is 23.5 Å². The van der Waals surface area contributed by atoms with Crippen LogP contribution in [0, 0.1) is 23.1 Å². The molecule has 28 heavy (non-hydrogen) atoms. The standard InChI is InChI=1S/C19H17FN8/c1-10(26-18-16-17(23-8-22-16)24-9-25-18)19-27-14-3-2-12(20)6-15(14)28(19)13-4-11(5-13)7-21/h2-3,6,8-11,13H,4-5H2,1H3,(H2,22,23,24,25,26)/t10-,11-,13-/m0/s1. The van der Waals surface area contributed by atoms with Gasteiger partial charge in [0.15, 0.2) is 11.5 Å². The monoisotopic (exact) mass is 376 g/mol. The van der Waals surface area contributed by atoms with Crippen molar-refractivity contribution in [3.63, 3.8) is 0 Å². The van der Waals surface area contributed by atoms with Crippen molar-refractivity contribution in [3.05, 3.63) is 42.5 Å². The first kappa shape index (κ1) is 16.6. The van der Waals surface area contributed by atoms with Crippen LogP contribution in [0.4, 0.5) is 10.2 Å². The highest BCUT2D eigenvalue weighted by Gasteiger charge is 2.34. The molecule has 0 spiro atoms. The Morgan fingerprint density at radius 2 is 2.18 bits per heavy atom. The number of benzene rings is 1. The van der Waals surface area contributed by atoms with Crippen LogP contribution in [0.15, 0.2) is 30.9 Å². The normalized spacial score (nSPS) is 20.0. The summed E-state index contributed by atoms with van der Waals surface area (Å²) in [6, 6.07) is 6.85. The van der Waals surface area contributed by atoms with Gasteiger partial charge in [-0.2, -0.15) is 5.26 Å². The van der Waals surface area contributed by atoms with Crippen molar-refractivity contribution in [3.8, 4) is 6.07 Å². The molecule has 3 heterocycles. The second-order valence-corrected chi connectivity index (χ2v) is 7.11. The number of nitrogens with one attached hydrogen (secondary N) is 2. The second-order valence-electron chi connectivity index (χ2n) is 7.11. The number of nitrogens with zero attached hydrogens (tertiary/aromatic N) is 6. The molecule has 1 aliphatic carbocycles. The van der Waals surface area contributed by atoms with E-state index in [1.807, 2.05) is 6.92 Å². The van der Waals surface area contributed by atoms with E-state index < -0.39 is 0 Å². The number of nitriles is 1. The summed E-state index contributed by atoms with van der Waals surface area (Å²) >= 11 is 0. The lowest BCUT2D eigenvalue weighted by Crippen LogP contribution is -2.28. The maximum absolute atomic E-state index is 13.9. The van der Waals surface area contributed by atoms with Gasteiger partial charge in [0.05, 0.1) is 35.4 Å². The molecule has 140 valence electrons. The lowest BCUT2D eigenvalue weighted by molar-refractivity contribution is 0.247. The fraction of sp³-hybridized carbons (Fsp3) is 0.316. The maximum Gasteiger partial charge on any atom is 0.162 e. The third-order valence-electron chi connectivity index (χ3n) is 5.30. The van der Waals surface area contributed by atoms with Crippen molar-refractivity contribution in [2.24, 2.45) is 5.92 Å². The first-order valence-electron chi connectivity index (χ1n) is 9.11. The second kappa shape index (κ2) is 6.27. The van der Waals surface area contributed by atoms with Crippen molar-refractivity contribution >= 4 is 28.0 Å². The molecule has 8 nitrogen and oxygen atoms in total. The van der Waals surface area contributed by atoms with Gasteiger partial charge in [-0.1, -0.05) is 0 Å². The van der Waals surface area contributed by atoms with Crippen LogP contribution in [0.25, 0.3) is 22.2 Å². The Labute approximate surface area is 159 Å². The number of aromatic amines is 1. The van der Waals surface area contributed by atoms with Crippen molar-refractivity contribution in [2.45, 2.75) is 31.8 Å². The van der Waals surface area contributed by atoms with Crippen molar-refractivity contribution < 1.29 is 4.39 Å². The molecule has 3 aromatic heterocycles. The molecule has 5 rings (SSSR count). The third-order valence-corrected chi connectivity index (χ3v) is 5.30. The highest BCUT2D eigenvalue weighted by Crippen LogP contribution is 2.41. The summed E-state index contributed by atoms with van der Waals surface area (Å²) in [6.07, 6.45) is 4.53. The van der Waals surface area contributed by atoms with E-state index in [9.17, 15) is 4.39 Å². The zero-order valence-corrected chi connectivity index (χ0v) is 15.1. The number of aromatic nitrogens is 6. The predicted molar refractivity (Wildman–Crippen MR) is 101 cm³/mol. The molecule has 0 amide bonds. The van der Waals surface area contributed by atoms with E-state index in [4.69, 9.17) is 10.2 Å². The minimum atomic E-state index is -0.300. The molecule has 0 bridgehead atoms. The smallest absolute Gasteiger partial charge is 0.162 e. The zero-order valence-electron chi connectivity index (χ0n) is 15.1. The largest absolute Gasteiger partial charge is 0.358 e. The van der Waals surface area contributed by atoms with Gasteiger partial charge in [-0.05, 0) is 38.0 Å². The van der Waals surface area contributed by atoms with E-state index in [0.29, 0.717) is 17.0 Å². The van der Waals surface area contributed by atoms with E-state index in [1.54, 1.807) is 12.4 Å². The third kappa shape index (κ3) is 2.57. The van der Waals surface area contributed by atoms with E-state index in [1.165, 1.54) is 18.5 Å². The molecule has 2 N–H and O–H groups in total. The maximum atomic E-state index is 13.9. The Kier molecular flexibility index (Phi) is 3.72. The number of hydrogen-bond acceptors (Lipinski definition) is 6. The Hall–Kier alpha value is -3.54. The van der Waals surface area contributed by atoms with Crippen LogP contribution >= 0.6 is 0 Å². The summed E-state index contributed by atoms with van der Waals surface area (Å²) in [7, 11) is 0. The molecular weight excluding hydrogens is 359 g/mol. The first-order valence-corrected chi connectivity index (χ1v) is 9.11. The van der Waals surface area contributed by atoms with Gasteiger partial charge in [-0.15, -0.1) is 0 Å². The van der Waals surface area contributed by atoms with Gasteiger partial charge >= 0.3 is 0 Å². The van der Waals surface area contributed by atoms with Crippen molar-refractivity contribution in [1.82, 2.24) is 29.5 Å². The number of fused-ring (bicyclic) bond motifs is 2. The minimum absolute atomic E-state index is 0.0395. The molecule has 9 heteroatoms. The molecule has 0 unspecified atom stereocenters. The van der Waals surface area contributed by atoms with Gasteiger partial charge in [0.25, 0.3) is 0 Å². The molecule has 1 atom stereocenters. The fourth-order valence-corrected chi connectivity index (χ4v) is 3.82. The number of H-pyrrole nitrogens is 1. The summed E-state index contributed by atoms with van der Waals surface area (Å²) in [6.45, 7) is 1.98. The predicted octanol–water partition coefficient (Wildman–Crippen LogP) is 3.49. The van der Waals surface area contributed by atoms with Gasteiger partial charge in [0.2, 0.25) is 0 Å². The Morgan fingerprint density at radius 1 is 1.32 bits per heavy atom. The summed E-state index contributed by atoms with van der Waals surface area (Å²) < 4.78 is 16.0. The lowest BCUT2D eigenvalue weighted by atomic mass is 9.81. The van der Waals surface area contributed by atoms with E-state index in [0.717, 1.165) is 29.7 Å². The topological polar surface area (TPSA) is 108 Å². The van der Waals surface area contributed by atoms with Crippen LogP contribution in [0.5, 0.6) is 0 Å². The highest BCUT2D eigenvalue weighted by molar-refractivity contribution is 5.82. The van der Waals surface area contributed by atoms with Crippen LogP contribution in [-0.4, -0.2) is 29.5 Å². The molecule has 0 aliphatic heterocycles. The van der Waals surface area contributed by atoms with E-state index in [2.05, 4.69) is 35.9 Å². The number of imidazole rings is 2. The van der Waals surface area contributed by atoms with E-state index in [-0.39, 0.29) is 23.8 Å². The Balaban J connectivity index is 1.56. The number of rotatable bonds is 4. The van der Waals surface area contributed by atoms with Crippen LogP contribution in [0.2, 0.25) is 0 Å². The van der Waals surface area contributed by atoms with Crippen LogP contribution in [-0.2, 0) is 0 Å². The summed E-state index contributed by atoms with van der Waals surface area (Å²) in [4.78, 5) is 20.4. The van der Waals surface area contributed by atoms with Crippen LogP contribution < -0.4 is 5.32 Å². The lowest BCUT2D eigenvalue weighted by Gasteiger charge is -2.34. The number of hydrogen-bond donors (Lipinski definition) is 2. The molecule has 0 radical (unpaired) electrons. The minimum Gasteiger partial charge on any atom is -0.358 e. The summed E-state index contributed by atoms with van der Waals surface area (Å²) in [5.74, 6) is 1.13. The quantitative estimate of drug-likeness (QED) is 0.564. The van der Waals surface area contributed by atoms with Gasteiger partial charge in [0, 0.05) is 6.04 Å². The van der Waals surface area contributed by atoms with E-state index >= 15 is 0 Å².